The van der Waals surface area contributed by atoms with Crippen LogP contribution in [0, 0.1) is 13.8 Å². The van der Waals surface area contributed by atoms with E-state index in [4.69, 9.17) is 11.6 Å². The summed E-state index contributed by atoms with van der Waals surface area (Å²) in [5.74, 6) is 0.446. The average molecular weight is 406 g/mol. The molecule has 0 spiro atoms. The van der Waals surface area contributed by atoms with E-state index >= 15 is 0 Å². The monoisotopic (exact) mass is 405 g/mol. The van der Waals surface area contributed by atoms with Crippen molar-refractivity contribution in [2.24, 2.45) is 7.05 Å². The van der Waals surface area contributed by atoms with Crippen molar-refractivity contribution in [3.8, 4) is 22.6 Å². The third-order valence-electron chi connectivity index (χ3n) is 5.11. The highest BCUT2D eigenvalue weighted by Crippen LogP contribution is 2.31. The van der Waals surface area contributed by atoms with Crippen LogP contribution in [0.4, 0.5) is 0 Å². The van der Waals surface area contributed by atoms with Crippen LogP contribution in [0.25, 0.3) is 44.6 Å². The van der Waals surface area contributed by atoms with Crippen LogP contribution in [0.1, 0.15) is 11.4 Å². The fraction of sp³-hybridized carbons (Fsp3) is 0.150. The predicted octanol–water partition coefficient (Wildman–Crippen LogP) is 3.53. The Morgan fingerprint density at radius 2 is 1.93 bits per heavy atom. The van der Waals surface area contributed by atoms with Gasteiger partial charge in [-0.15, -0.1) is 0 Å². The van der Waals surface area contributed by atoms with Gasteiger partial charge < -0.3 is 9.97 Å². The number of imidazole rings is 1. The molecule has 0 unspecified atom stereocenters. The first-order valence-corrected chi connectivity index (χ1v) is 9.34. The molecule has 0 saturated heterocycles. The van der Waals surface area contributed by atoms with E-state index in [1.165, 1.54) is 0 Å². The molecule has 8 nitrogen and oxygen atoms in total. The number of halogens is 1. The standard InChI is InChI=1S/C20H16ClN7O/c1-9-17(10(2)28(3)27-9)18-11-6-12(20(29)26-13(11)4-5-22-18)19-24-14-7-16(21)23-8-15(14)25-19/h4-8H,1-3H3,(H,24,25)(H,26,29). The summed E-state index contributed by atoms with van der Waals surface area (Å²) in [6.07, 6.45) is 3.28. The Bertz CT molecular complexity index is 1480. The summed E-state index contributed by atoms with van der Waals surface area (Å²) in [6.45, 7) is 3.95. The molecule has 0 aliphatic rings. The Labute approximate surface area is 169 Å². The highest BCUT2D eigenvalue weighted by Gasteiger charge is 2.18. The summed E-state index contributed by atoms with van der Waals surface area (Å²) in [5.41, 5.74) is 5.82. The molecule has 0 amide bonds. The summed E-state index contributed by atoms with van der Waals surface area (Å²) in [4.78, 5) is 32.0. The van der Waals surface area contributed by atoms with Gasteiger partial charge in [-0.25, -0.2) is 9.97 Å². The van der Waals surface area contributed by atoms with Gasteiger partial charge in [0.15, 0.2) is 0 Å². The van der Waals surface area contributed by atoms with Crippen molar-refractivity contribution in [3.05, 3.63) is 57.5 Å². The molecular formula is C20H16ClN7O. The molecule has 5 rings (SSSR count). The average Bonchev–Trinajstić information content (AvgIpc) is 3.20. The van der Waals surface area contributed by atoms with Crippen molar-refractivity contribution in [2.45, 2.75) is 13.8 Å². The zero-order valence-electron chi connectivity index (χ0n) is 15.9. The van der Waals surface area contributed by atoms with E-state index in [1.54, 1.807) is 24.5 Å². The number of pyridine rings is 3. The van der Waals surface area contributed by atoms with Gasteiger partial charge in [0.2, 0.25) is 0 Å². The molecule has 144 valence electrons. The fourth-order valence-corrected chi connectivity index (χ4v) is 3.78. The molecule has 2 N–H and O–H groups in total. The largest absolute Gasteiger partial charge is 0.337 e. The smallest absolute Gasteiger partial charge is 0.259 e. The van der Waals surface area contributed by atoms with Crippen LogP contribution in [0.5, 0.6) is 0 Å². The number of hydrogen-bond acceptors (Lipinski definition) is 5. The number of hydrogen-bond donors (Lipinski definition) is 2. The SMILES string of the molecule is Cc1nn(C)c(C)c1-c1nccc2[nH]c(=O)c(-c3nc4cc(Cl)ncc4[nH]3)cc12. The minimum atomic E-state index is -0.243. The maximum absolute atomic E-state index is 12.8. The molecule has 0 fully saturated rings. The van der Waals surface area contributed by atoms with Crippen LogP contribution in [0.2, 0.25) is 5.15 Å². The highest BCUT2D eigenvalue weighted by atomic mass is 35.5. The second-order valence-electron chi connectivity index (χ2n) is 6.91. The second-order valence-corrected chi connectivity index (χ2v) is 7.30. The van der Waals surface area contributed by atoms with E-state index in [-0.39, 0.29) is 5.56 Å². The van der Waals surface area contributed by atoms with Crippen LogP contribution >= 0.6 is 11.6 Å². The lowest BCUT2D eigenvalue weighted by molar-refractivity contribution is 0.731. The van der Waals surface area contributed by atoms with E-state index in [9.17, 15) is 4.79 Å². The van der Waals surface area contributed by atoms with Gasteiger partial charge in [-0.2, -0.15) is 5.10 Å². The molecule has 9 heteroatoms. The Morgan fingerprint density at radius 3 is 2.69 bits per heavy atom. The van der Waals surface area contributed by atoms with Crippen molar-refractivity contribution >= 4 is 33.5 Å². The van der Waals surface area contributed by atoms with E-state index < -0.39 is 0 Å². The molecule has 0 bridgehead atoms. The number of aromatic nitrogens is 7. The predicted molar refractivity (Wildman–Crippen MR) is 112 cm³/mol. The number of rotatable bonds is 2. The first-order valence-electron chi connectivity index (χ1n) is 8.96. The van der Waals surface area contributed by atoms with Crippen molar-refractivity contribution in [1.29, 1.82) is 0 Å². The molecule has 0 aliphatic carbocycles. The number of fused-ring (bicyclic) bond motifs is 2. The zero-order chi connectivity index (χ0) is 20.3. The lowest BCUT2D eigenvalue weighted by atomic mass is 10.0. The molecule has 0 radical (unpaired) electrons. The summed E-state index contributed by atoms with van der Waals surface area (Å²) in [5, 5.41) is 5.66. The number of aromatic amines is 2. The number of nitrogens with zero attached hydrogens (tertiary/aromatic N) is 5. The van der Waals surface area contributed by atoms with Gasteiger partial charge in [-0.05, 0) is 26.0 Å². The van der Waals surface area contributed by atoms with E-state index in [2.05, 4.69) is 30.0 Å². The molecule has 0 saturated carbocycles. The maximum Gasteiger partial charge on any atom is 0.259 e. The van der Waals surface area contributed by atoms with Gasteiger partial charge in [0.05, 0.1) is 39.7 Å². The minimum Gasteiger partial charge on any atom is -0.337 e. The van der Waals surface area contributed by atoms with Crippen molar-refractivity contribution in [2.75, 3.05) is 0 Å². The van der Waals surface area contributed by atoms with Crippen molar-refractivity contribution < 1.29 is 0 Å². The van der Waals surface area contributed by atoms with Gasteiger partial charge in [0, 0.05) is 36.0 Å². The van der Waals surface area contributed by atoms with Gasteiger partial charge >= 0.3 is 0 Å². The first-order chi connectivity index (χ1) is 13.9. The van der Waals surface area contributed by atoms with Gasteiger partial charge in [-0.1, -0.05) is 11.6 Å². The molecule has 29 heavy (non-hydrogen) atoms. The van der Waals surface area contributed by atoms with Crippen LogP contribution in [0.15, 0.2) is 35.4 Å². The Hall–Kier alpha value is -3.52. The lowest BCUT2D eigenvalue weighted by Gasteiger charge is -2.08. The normalized spacial score (nSPS) is 11.6. The first kappa shape index (κ1) is 17.6. The van der Waals surface area contributed by atoms with E-state index in [0.29, 0.717) is 33.1 Å². The van der Waals surface area contributed by atoms with Crippen molar-refractivity contribution in [3.63, 3.8) is 0 Å². The van der Waals surface area contributed by atoms with E-state index in [0.717, 1.165) is 28.0 Å². The molecule has 5 heterocycles. The Balaban J connectivity index is 1.79. The number of H-pyrrole nitrogens is 2. The van der Waals surface area contributed by atoms with Gasteiger partial charge in [0.1, 0.15) is 11.0 Å². The molecule has 0 atom stereocenters. The third-order valence-corrected chi connectivity index (χ3v) is 5.31. The zero-order valence-corrected chi connectivity index (χ0v) is 16.7. The van der Waals surface area contributed by atoms with E-state index in [1.807, 2.05) is 31.6 Å². The van der Waals surface area contributed by atoms with Crippen LogP contribution in [-0.4, -0.2) is 34.7 Å². The fourth-order valence-electron chi connectivity index (χ4n) is 3.63. The highest BCUT2D eigenvalue weighted by molar-refractivity contribution is 6.29. The Kier molecular flexibility index (Phi) is 3.78. The molecule has 0 aliphatic heterocycles. The number of nitrogens with one attached hydrogen (secondary N) is 2. The second kappa shape index (κ2) is 6.25. The van der Waals surface area contributed by atoms with Crippen molar-refractivity contribution in [1.82, 2.24) is 34.7 Å². The van der Waals surface area contributed by atoms with Crippen LogP contribution < -0.4 is 5.56 Å². The minimum absolute atomic E-state index is 0.243. The Morgan fingerprint density at radius 1 is 1.10 bits per heavy atom. The van der Waals surface area contributed by atoms with Gasteiger partial charge in [0.25, 0.3) is 5.56 Å². The molecule has 0 aromatic carbocycles. The summed E-state index contributed by atoms with van der Waals surface area (Å²) >= 11 is 5.95. The molecule has 5 aromatic heterocycles. The summed E-state index contributed by atoms with van der Waals surface area (Å²) in [7, 11) is 1.90. The topological polar surface area (TPSA) is 105 Å². The van der Waals surface area contributed by atoms with Gasteiger partial charge in [-0.3, -0.25) is 14.5 Å². The van der Waals surface area contributed by atoms with Crippen LogP contribution in [-0.2, 0) is 7.05 Å². The third kappa shape index (κ3) is 2.72. The summed E-state index contributed by atoms with van der Waals surface area (Å²) in [6, 6.07) is 5.25. The summed E-state index contributed by atoms with van der Waals surface area (Å²) < 4.78 is 1.83. The molecular weight excluding hydrogens is 390 g/mol. The maximum atomic E-state index is 12.8. The number of aryl methyl sites for hydroxylation is 2. The lowest BCUT2D eigenvalue weighted by Crippen LogP contribution is -2.10. The van der Waals surface area contributed by atoms with Crippen LogP contribution in [0.3, 0.4) is 0 Å². The molecule has 5 aromatic rings. The quantitative estimate of drug-likeness (QED) is 0.437.